The molecule has 0 aromatic heterocycles. The molecular weight excluding hydrogens is 519 g/mol. The molecule has 0 saturated carbocycles. The van der Waals surface area contributed by atoms with E-state index in [1.807, 2.05) is 24.3 Å². The van der Waals surface area contributed by atoms with Crippen molar-refractivity contribution in [3.05, 3.63) is 41.3 Å². The van der Waals surface area contributed by atoms with Crippen molar-refractivity contribution in [3.63, 3.8) is 0 Å². The fourth-order valence-electron chi connectivity index (χ4n) is 3.32. The first-order valence-corrected chi connectivity index (χ1v) is 13.7. The topological polar surface area (TPSA) is 64.3 Å². The second-order valence-corrected chi connectivity index (χ2v) is 11.1. The van der Waals surface area contributed by atoms with Gasteiger partial charge in [0.05, 0.1) is 13.2 Å². The van der Waals surface area contributed by atoms with Gasteiger partial charge in [-0.2, -0.15) is 5.56 Å². The third kappa shape index (κ3) is 12.1. The summed E-state index contributed by atoms with van der Waals surface area (Å²) in [5, 5.41) is 11.1. The number of nitrogens with zero attached hydrogens (tertiary/aromatic N) is 3. The Bertz CT molecular complexity index is 603. The van der Waals surface area contributed by atoms with Gasteiger partial charge in [0, 0.05) is 32.4 Å². The predicted octanol–water partition coefficient (Wildman–Crippen LogP) is 6.80. The van der Waals surface area contributed by atoms with Crippen LogP contribution in [0.25, 0.3) is 5.41 Å². The fraction of sp³-hybridized carbons (Fsp3) is 0.696. The third-order valence-electron chi connectivity index (χ3n) is 4.22. The van der Waals surface area contributed by atoms with Crippen LogP contribution in [0.4, 0.5) is 0 Å². The second kappa shape index (κ2) is 18.6. The molecule has 182 valence electrons. The smallest absolute Gasteiger partial charge is 0.853 e. The quantitative estimate of drug-likeness (QED) is 0.159. The van der Waals surface area contributed by atoms with E-state index in [1.54, 1.807) is 13.8 Å². The number of hydrogen-bond acceptors (Lipinski definition) is 5. The SMILES string of the molecule is CC(C)N(C(C)C)P(C(=[N-])c1[c-]cccc1)N(C(C)C)C(C)C.CCO[PH](=O)OCC.[Zr+2]. The van der Waals surface area contributed by atoms with Crippen molar-refractivity contribution in [1.29, 1.82) is 0 Å². The minimum absolute atomic E-state index is 0. The maximum Gasteiger partial charge on any atom is 2.00 e. The summed E-state index contributed by atoms with van der Waals surface area (Å²) in [7, 11) is -3.12. The summed E-state index contributed by atoms with van der Waals surface area (Å²) in [5.74, 6) is 0. The molecule has 0 aliphatic carbocycles. The molecule has 0 bridgehead atoms. The number of benzene rings is 1. The average molecular weight is 563 g/mol. The van der Waals surface area contributed by atoms with Gasteiger partial charge in [-0.25, -0.2) is 5.45 Å². The molecular formula is C23H43N3O3P2Zr. The van der Waals surface area contributed by atoms with Gasteiger partial charge in [-0.05, 0) is 69.2 Å². The second-order valence-electron chi connectivity index (χ2n) is 8.14. The van der Waals surface area contributed by atoms with Gasteiger partial charge < -0.3 is 14.5 Å². The van der Waals surface area contributed by atoms with Crippen LogP contribution in [0.3, 0.4) is 0 Å². The van der Waals surface area contributed by atoms with Crippen molar-refractivity contribution < 1.29 is 39.8 Å². The van der Waals surface area contributed by atoms with E-state index in [4.69, 9.17) is 0 Å². The van der Waals surface area contributed by atoms with E-state index in [2.05, 4.69) is 79.8 Å². The molecule has 0 heterocycles. The molecule has 0 N–H and O–H groups in total. The zero-order chi connectivity index (χ0) is 24.1. The zero-order valence-corrected chi connectivity index (χ0v) is 25.9. The van der Waals surface area contributed by atoms with E-state index in [1.165, 1.54) is 0 Å². The van der Waals surface area contributed by atoms with Crippen LogP contribution in [0.5, 0.6) is 0 Å². The normalized spacial score (nSPS) is 11.7. The van der Waals surface area contributed by atoms with E-state index in [0.29, 0.717) is 42.8 Å². The fourth-order valence-corrected chi connectivity index (χ4v) is 6.66. The Kier molecular flexibility index (Phi) is 20.0. The molecule has 9 heteroatoms. The van der Waals surface area contributed by atoms with Crippen molar-refractivity contribution >= 4 is 21.9 Å². The molecule has 0 spiro atoms. The van der Waals surface area contributed by atoms with Gasteiger partial charge in [-0.3, -0.25) is 13.9 Å². The molecule has 0 amide bonds. The van der Waals surface area contributed by atoms with Crippen LogP contribution in [-0.2, 0) is 39.8 Å². The monoisotopic (exact) mass is 561 g/mol. The molecule has 32 heavy (non-hydrogen) atoms. The Morgan fingerprint density at radius 1 is 0.938 bits per heavy atom. The molecule has 0 aliphatic rings. The summed E-state index contributed by atoms with van der Waals surface area (Å²) in [4.78, 5) is 0. The van der Waals surface area contributed by atoms with E-state index in [9.17, 15) is 9.97 Å². The summed E-state index contributed by atoms with van der Waals surface area (Å²) in [6, 6.07) is 12.3. The van der Waals surface area contributed by atoms with E-state index < -0.39 is 16.5 Å². The number of hydrogen-bond donors (Lipinski definition) is 0. The van der Waals surface area contributed by atoms with E-state index in [0.717, 1.165) is 5.56 Å². The molecule has 1 rings (SSSR count). The summed E-state index contributed by atoms with van der Waals surface area (Å²) in [6.07, 6.45) is 0. The molecule has 1 aromatic rings. The minimum atomic E-state index is -2.14. The Hall–Kier alpha value is 0.273. The first-order valence-electron chi connectivity index (χ1n) is 11.2. The van der Waals surface area contributed by atoms with Crippen molar-refractivity contribution in [1.82, 2.24) is 9.34 Å². The molecule has 1 aromatic carbocycles. The Labute approximate surface area is 218 Å². The summed E-state index contributed by atoms with van der Waals surface area (Å²) < 4.78 is 24.5. The Morgan fingerprint density at radius 2 is 1.34 bits per heavy atom. The Morgan fingerprint density at radius 3 is 1.62 bits per heavy atom. The molecule has 0 aliphatic heterocycles. The van der Waals surface area contributed by atoms with Crippen molar-refractivity contribution in [2.45, 2.75) is 93.4 Å². The van der Waals surface area contributed by atoms with Gasteiger partial charge in [0.25, 0.3) is 0 Å². The molecule has 6 nitrogen and oxygen atoms in total. The summed E-state index contributed by atoms with van der Waals surface area (Å²) in [6.45, 7) is 22.1. The zero-order valence-electron chi connectivity index (χ0n) is 21.5. The third-order valence-corrected chi connectivity index (χ3v) is 8.61. The summed E-state index contributed by atoms with van der Waals surface area (Å²) in [5.41, 5.74) is 1.25. The van der Waals surface area contributed by atoms with Gasteiger partial charge in [-0.1, -0.05) is 0 Å². The van der Waals surface area contributed by atoms with E-state index in [-0.39, 0.29) is 26.2 Å². The van der Waals surface area contributed by atoms with E-state index >= 15 is 0 Å². The van der Waals surface area contributed by atoms with Crippen LogP contribution in [0.1, 0.15) is 74.8 Å². The van der Waals surface area contributed by atoms with Crippen LogP contribution >= 0.6 is 16.5 Å². The molecule has 0 radical (unpaired) electrons. The van der Waals surface area contributed by atoms with Gasteiger partial charge in [-0.15, -0.1) is 30.3 Å². The van der Waals surface area contributed by atoms with Crippen LogP contribution in [0.15, 0.2) is 24.3 Å². The minimum Gasteiger partial charge on any atom is -0.853 e. The first-order chi connectivity index (χ1) is 14.5. The van der Waals surface area contributed by atoms with Crippen molar-refractivity contribution in [2.24, 2.45) is 0 Å². The molecule has 0 unspecified atom stereocenters. The standard InChI is InChI=1S/C19H32N3P.C4H11O3P.Zr/c1-14(2)21(15(3)4)23(22(16(5)6)17(7)8)19(20)18-12-10-9-11-13-18;1-3-6-8(5)7-4-2;/h9-12,14-17H,1-8H3;8H,3-4H2,1-2H3;/q-2;;+2. The van der Waals surface area contributed by atoms with Crippen LogP contribution in [-0.4, -0.2) is 52.2 Å². The van der Waals surface area contributed by atoms with Crippen LogP contribution in [0, 0.1) is 6.07 Å². The largest absolute Gasteiger partial charge is 2.00 e. The Balaban J connectivity index is 0. The first kappa shape index (κ1) is 34.4. The van der Waals surface area contributed by atoms with Gasteiger partial charge in [0.1, 0.15) is 0 Å². The molecule has 0 saturated heterocycles. The van der Waals surface area contributed by atoms with Crippen molar-refractivity contribution in [2.75, 3.05) is 13.2 Å². The van der Waals surface area contributed by atoms with Crippen LogP contribution < -0.4 is 0 Å². The average Bonchev–Trinajstić information content (AvgIpc) is 2.67. The van der Waals surface area contributed by atoms with Gasteiger partial charge in [0.2, 0.25) is 0 Å². The van der Waals surface area contributed by atoms with Crippen molar-refractivity contribution in [3.8, 4) is 0 Å². The summed E-state index contributed by atoms with van der Waals surface area (Å²) >= 11 is 0. The maximum absolute atomic E-state index is 11.1. The molecule has 0 atom stereocenters. The number of rotatable bonds is 12. The van der Waals surface area contributed by atoms with Gasteiger partial charge in [0.15, 0.2) is 0 Å². The van der Waals surface area contributed by atoms with Crippen LogP contribution in [0.2, 0.25) is 0 Å². The predicted molar refractivity (Wildman–Crippen MR) is 136 cm³/mol. The molecule has 0 fully saturated rings. The van der Waals surface area contributed by atoms with Gasteiger partial charge >= 0.3 is 34.5 Å². The maximum atomic E-state index is 11.1.